The normalized spacial score (nSPS) is 10.8. The molecule has 0 saturated heterocycles. The third-order valence-electron chi connectivity index (χ3n) is 4.19. The lowest BCUT2D eigenvalue weighted by Gasteiger charge is -2.13. The number of thioether (sulfide) groups is 1. The molecule has 29 heavy (non-hydrogen) atoms. The van der Waals surface area contributed by atoms with Gasteiger partial charge in [-0.1, -0.05) is 47.1 Å². The summed E-state index contributed by atoms with van der Waals surface area (Å²) in [4.78, 5) is 21.9. The molecule has 0 fully saturated rings. The van der Waals surface area contributed by atoms with Gasteiger partial charge in [0.15, 0.2) is 5.16 Å². The molecule has 4 aromatic rings. The maximum atomic E-state index is 13.2. The third-order valence-corrected chi connectivity index (χ3v) is 5.59. The highest BCUT2D eigenvalue weighted by atomic mass is 35.5. The Morgan fingerprint density at radius 1 is 1.00 bits per heavy atom. The van der Waals surface area contributed by atoms with Gasteiger partial charge in [-0.3, -0.25) is 9.36 Å². The van der Waals surface area contributed by atoms with Crippen LogP contribution in [-0.2, 0) is 5.75 Å². The lowest BCUT2D eigenvalue weighted by molar-refractivity contribution is 0.819. The number of pyridine rings is 1. The lowest BCUT2D eigenvalue weighted by Crippen LogP contribution is -2.21. The van der Waals surface area contributed by atoms with E-state index in [0.29, 0.717) is 43.4 Å². The van der Waals surface area contributed by atoms with Crippen LogP contribution >= 0.6 is 35.0 Å². The van der Waals surface area contributed by atoms with Crippen LogP contribution in [0.25, 0.3) is 16.6 Å². The maximum Gasteiger partial charge on any atom is 0.266 e. The van der Waals surface area contributed by atoms with E-state index in [1.54, 1.807) is 47.0 Å². The molecule has 2 heterocycles. The maximum absolute atomic E-state index is 13.2. The van der Waals surface area contributed by atoms with Crippen LogP contribution in [-0.4, -0.2) is 14.5 Å². The Kier molecular flexibility index (Phi) is 5.54. The topological polar surface area (TPSA) is 71.6 Å². The number of hydrogen-bond acceptors (Lipinski definition) is 5. The van der Waals surface area contributed by atoms with E-state index in [-0.39, 0.29) is 5.56 Å². The summed E-state index contributed by atoms with van der Waals surface area (Å²) >= 11 is 13.4. The molecule has 0 aliphatic rings. The summed E-state index contributed by atoms with van der Waals surface area (Å²) < 4.78 is 1.55. The van der Waals surface area contributed by atoms with Crippen molar-refractivity contribution >= 4 is 45.9 Å². The van der Waals surface area contributed by atoms with Gasteiger partial charge in [-0.25, -0.2) is 9.97 Å². The zero-order chi connectivity index (χ0) is 20.4. The highest BCUT2D eigenvalue weighted by molar-refractivity contribution is 7.98. The van der Waals surface area contributed by atoms with Crippen molar-refractivity contribution in [1.29, 1.82) is 5.26 Å². The minimum Gasteiger partial charge on any atom is -0.268 e. The molecule has 0 amide bonds. The van der Waals surface area contributed by atoms with Crippen LogP contribution in [0.2, 0.25) is 10.3 Å². The standard InChI is InChI=1S/C21H12Cl2N4OS/c22-18-9-14(10-19(23)26-18)12-29-21-25-17-4-2-1-3-16(17)20(28)27(21)15-7-5-13(11-24)6-8-15/h1-10H,12H2. The van der Waals surface area contributed by atoms with E-state index in [2.05, 4.69) is 11.1 Å². The lowest BCUT2D eigenvalue weighted by atomic mass is 10.2. The second kappa shape index (κ2) is 8.26. The molecule has 0 aliphatic carbocycles. The minimum absolute atomic E-state index is 0.173. The van der Waals surface area contributed by atoms with E-state index in [1.165, 1.54) is 11.8 Å². The summed E-state index contributed by atoms with van der Waals surface area (Å²) in [7, 11) is 0. The monoisotopic (exact) mass is 438 g/mol. The average Bonchev–Trinajstić information content (AvgIpc) is 2.72. The van der Waals surface area contributed by atoms with Gasteiger partial charge in [-0.2, -0.15) is 5.26 Å². The van der Waals surface area contributed by atoms with Gasteiger partial charge in [0.25, 0.3) is 5.56 Å². The fourth-order valence-electron chi connectivity index (χ4n) is 2.87. The van der Waals surface area contributed by atoms with Crippen molar-refractivity contribution in [3.05, 3.63) is 92.5 Å². The number of para-hydroxylation sites is 1. The van der Waals surface area contributed by atoms with E-state index < -0.39 is 0 Å². The van der Waals surface area contributed by atoms with Crippen LogP contribution in [0.4, 0.5) is 0 Å². The molecule has 2 aromatic carbocycles. The van der Waals surface area contributed by atoms with Crippen LogP contribution in [0.1, 0.15) is 11.1 Å². The van der Waals surface area contributed by atoms with Crippen molar-refractivity contribution in [2.24, 2.45) is 0 Å². The molecule has 142 valence electrons. The van der Waals surface area contributed by atoms with E-state index >= 15 is 0 Å². The molecule has 0 bridgehead atoms. The van der Waals surface area contributed by atoms with Crippen molar-refractivity contribution in [2.75, 3.05) is 0 Å². The highest BCUT2D eigenvalue weighted by Gasteiger charge is 2.14. The molecular weight excluding hydrogens is 427 g/mol. The second-order valence-electron chi connectivity index (χ2n) is 6.12. The Hall–Kier alpha value is -2.85. The SMILES string of the molecule is N#Cc1ccc(-n2c(SCc3cc(Cl)nc(Cl)c3)nc3ccccc3c2=O)cc1. The van der Waals surface area contributed by atoms with Gasteiger partial charge in [0.2, 0.25) is 0 Å². The number of aromatic nitrogens is 3. The number of rotatable bonds is 4. The first-order valence-electron chi connectivity index (χ1n) is 8.52. The average molecular weight is 439 g/mol. The zero-order valence-electron chi connectivity index (χ0n) is 14.8. The summed E-state index contributed by atoms with van der Waals surface area (Å²) in [5.74, 6) is 0.503. The van der Waals surface area contributed by atoms with Gasteiger partial charge < -0.3 is 0 Å². The van der Waals surface area contributed by atoms with Gasteiger partial charge in [0.05, 0.1) is 28.2 Å². The van der Waals surface area contributed by atoms with Crippen molar-refractivity contribution in [3.63, 3.8) is 0 Å². The smallest absolute Gasteiger partial charge is 0.266 e. The Labute approximate surface area is 180 Å². The van der Waals surface area contributed by atoms with Gasteiger partial charge in [-0.15, -0.1) is 0 Å². The fraction of sp³-hybridized carbons (Fsp3) is 0.0476. The predicted molar refractivity (Wildman–Crippen MR) is 116 cm³/mol. The van der Waals surface area contributed by atoms with Crippen molar-refractivity contribution in [3.8, 4) is 11.8 Å². The molecule has 0 unspecified atom stereocenters. The molecule has 0 atom stereocenters. The van der Waals surface area contributed by atoms with Gasteiger partial charge >= 0.3 is 0 Å². The first kappa shape index (κ1) is 19.5. The van der Waals surface area contributed by atoms with E-state index in [4.69, 9.17) is 33.4 Å². The van der Waals surface area contributed by atoms with Crippen molar-refractivity contribution in [2.45, 2.75) is 10.9 Å². The van der Waals surface area contributed by atoms with Gasteiger partial charge in [-0.05, 0) is 54.1 Å². The molecule has 0 N–H and O–H groups in total. The predicted octanol–water partition coefficient (Wildman–Crippen LogP) is 5.25. The number of hydrogen-bond donors (Lipinski definition) is 0. The number of nitrogens with zero attached hydrogens (tertiary/aromatic N) is 4. The van der Waals surface area contributed by atoms with E-state index in [0.717, 1.165) is 5.56 Å². The highest BCUT2D eigenvalue weighted by Crippen LogP contribution is 2.26. The quantitative estimate of drug-likeness (QED) is 0.247. The van der Waals surface area contributed by atoms with Gasteiger partial charge in [0, 0.05) is 5.75 Å². The van der Waals surface area contributed by atoms with Crippen molar-refractivity contribution < 1.29 is 0 Å². The van der Waals surface area contributed by atoms with E-state index in [9.17, 15) is 4.79 Å². The number of halogens is 2. The van der Waals surface area contributed by atoms with Crippen LogP contribution in [0.15, 0.2) is 70.6 Å². The summed E-state index contributed by atoms with van der Waals surface area (Å²) in [6.45, 7) is 0. The molecule has 0 spiro atoms. The van der Waals surface area contributed by atoms with Gasteiger partial charge in [0.1, 0.15) is 10.3 Å². The summed E-state index contributed by atoms with van der Waals surface area (Å²) in [6, 6.07) is 19.6. The molecule has 4 rings (SSSR count). The Morgan fingerprint density at radius 2 is 1.69 bits per heavy atom. The molecule has 5 nitrogen and oxygen atoms in total. The molecular formula is C21H12Cl2N4OS. The third kappa shape index (κ3) is 4.13. The molecule has 0 radical (unpaired) electrons. The number of benzene rings is 2. The molecule has 2 aromatic heterocycles. The first-order chi connectivity index (χ1) is 14.0. The van der Waals surface area contributed by atoms with E-state index in [1.807, 2.05) is 18.2 Å². The Morgan fingerprint density at radius 3 is 2.38 bits per heavy atom. The fourth-order valence-corrected chi connectivity index (χ4v) is 4.32. The van der Waals surface area contributed by atoms with Crippen LogP contribution in [0, 0.1) is 11.3 Å². The molecule has 0 saturated carbocycles. The largest absolute Gasteiger partial charge is 0.268 e. The Balaban J connectivity index is 1.82. The summed E-state index contributed by atoms with van der Waals surface area (Å²) in [5, 5.41) is 10.7. The number of nitriles is 1. The number of fused-ring (bicyclic) bond motifs is 1. The molecule has 0 aliphatic heterocycles. The minimum atomic E-state index is -0.173. The first-order valence-corrected chi connectivity index (χ1v) is 10.3. The summed E-state index contributed by atoms with van der Waals surface area (Å²) in [5.41, 5.74) is 2.48. The zero-order valence-corrected chi connectivity index (χ0v) is 17.2. The summed E-state index contributed by atoms with van der Waals surface area (Å²) in [6.07, 6.45) is 0. The second-order valence-corrected chi connectivity index (χ2v) is 7.84. The molecule has 8 heteroatoms. The van der Waals surface area contributed by atoms with Crippen LogP contribution < -0.4 is 5.56 Å². The van der Waals surface area contributed by atoms with Crippen LogP contribution in [0.5, 0.6) is 0 Å². The van der Waals surface area contributed by atoms with Crippen molar-refractivity contribution in [1.82, 2.24) is 14.5 Å². The van der Waals surface area contributed by atoms with Crippen LogP contribution in [0.3, 0.4) is 0 Å². The Bertz CT molecular complexity index is 1290.